The van der Waals surface area contributed by atoms with Crippen LogP contribution in [-0.2, 0) is 27.8 Å². The van der Waals surface area contributed by atoms with Crippen LogP contribution in [0.5, 0.6) is 0 Å². The number of hydrogen-bond acceptors (Lipinski definition) is 7. The van der Waals surface area contributed by atoms with Crippen LogP contribution in [0.4, 0.5) is 0 Å². The molecule has 0 radical (unpaired) electrons. The van der Waals surface area contributed by atoms with E-state index >= 15 is 0 Å². The summed E-state index contributed by atoms with van der Waals surface area (Å²) in [4.78, 5) is 16.8. The van der Waals surface area contributed by atoms with Crippen molar-refractivity contribution in [3.05, 3.63) is 41.5 Å². The first-order valence-electron chi connectivity index (χ1n) is 10.5. The van der Waals surface area contributed by atoms with Crippen molar-refractivity contribution >= 4 is 15.9 Å². The zero-order valence-corrected chi connectivity index (χ0v) is 18.3. The molecule has 5 rings (SSSR count). The van der Waals surface area contributed by atoms with Gasteiger partial charge < -0.3 is 14.2 Å². The normalized spacial score (nSPS) is 21.0. The topological polar surface area (TPSA) is 101 Å². The number of carbonyl (C=O) groups is 1. The minimum atomic E-state index is -3.57. The van der Waals surface area contributed by atoms with Gasteiger partial charge in [0.1, 0.15) is 11.6 Å². The number of nitrogens with zero attached hydrogens (tertiary/aromatic N) is 6. The third-order valence-electron chi connectivity index (χ3n) is 6.35. The van der Waals surface area contributed by atoms with Crippen LogP contribution in [0.15, 0.2) is 29.2 Å². The number of amides is 1. The van der Waals surface area contributed by atoms with E-state index in [2.05, 4.69) is 19.7 Å². The number of rotatable bonds is 4. The van der Waals surface area contributed by atoms with Crippen molar-refractivity contribution in [1.82, 2.24) is 28.9 Å². The van der Waals surface area contributed by atoms with E-state index in [1.165, 1.54) is 16.4 Å². The molecule has 4 heterocycles. The Morgan fingerprint density at radius 3 is 2.45 bits per heavy atom. The Balaban J connectivity index is 1.21. The first-order chi connectivity index (χ1) is 14.9. The zero-order valence-electron chi connectivity index (χ0n) is 17.5. The standard InChI is InChI=1S/C20H26N6O4S/c1-15-21-22-19-14-24(6-7-26(15)19)17-12-25(13-17)31(28,29)18-4-2-16(3-5-18)20(27)23-8-10-30-11-9-23/h2-5,17H,6-14H2,1H3. The fourth-order valence-corrected chi connectivity index (χ4v) is 5.86. The Labute approximate surface area is 181 Å². The van der Waals surface area contributed by atoms with Crippen molar-refractivity contribution in [1.29, 1.82) is 0 Å². The van der Waals surface area contributed by atoms with Crippen LogP contribution >= 0.6 is 0 Å². The smallest absolute Gasteiger partial charge is 0.254 e. The monoisotopic (exact) mass is 446 g/mol. The van der Waals surface area contributed by atoms with Crippen LogP contribution in [0.3, 0.4) is 0 Å². The number of morpholine rings is 1. The molecule has 3 aliphatic rings. The highest BCUT2D eigenvalue weighted by molar-refractivity contribution is 7.89. The van der Waals surface area contributed by atoms with Crippen molar-refractivity contribution in [3.63, 3.8) is 0 Å². The molecular weight excluding hydrogens is 420 g/mol. The highest BCUT2D eigenvalue weighted by Crippen LogP contribution is 2.27. The van der Waals surface area contributed by atoms with Gasteiger partial charge in [-0.2, -0.15) is 4.31 Å². The van der Waals surface area contributed by atoms with Gasteiger partial charge in [0.2, 0.25) is 10.0 Å². The molecule has 2 saturated heterocycles. The van der Waals surface area contributed by atoms with Gasteiger partial charge in [0.25, 0.3) is 5.91 Å². The summed E-state index contributed by atoms with van der Waals surface area (Å²) in [5, 5.41) is 8.35. The molecule has 0 spiro atoms. The largest absolute Gasteiger partial charge is 0.378 e. The van der Waals surface area contributed by atoms with Crippen molar-refractivity contribution in [2.45, 2.75) is 31.0 Å². The van der Waals surface area contributed by atoms with Gasteiger partial charge in [-0.1, -0.05) is 0 Å². The molecule has 0 N–H and O–H groups in total. The number of hydrogen-bond donors (Lipinski definition) is 0. The van der Waals surface area contributed by atoms with Gasteiger partial charge in [0.15, 0.2) is 0 Å². The average molecular weight is 447 g/mol. The van der Waals surface area contributed by atoms with Gasteiger partial charge in [0, 0.05) is 50.9 Å². The molecule has 0 aliphatic carbocycles. The first-order valence-corrected chi connectivity index (χ1v) is 12.0. The predicted molar refractivity (Wildman–Crippen MR) is 111 cm³/mol. The lowest BCUT2D eigenvalue weighted by Crippen LogP contribution is -2.61. The second kappa shape index (κ2) is 7.97. The molecule has 1 aromatic heterocycles. The van der Waals surface area contributed by atoms with Gasteiger partial charge >= 0.3 is 0 Å². The second-order valence-corrected chi connectivity index (χ2v) is 10.1. The minimum Gasteiger partial charge on any atom is -0.378 e. The lowest BCUT2D eigenvalue weighted by atomic mass is 10.1. The Morgan fingerprint density at radius 1 is 1.03 bits per heavy atom. The summed E-state index contributed by atoms with van der Waals surface area (Å²) in [7, 11) is -3.57. The van der Waals surface area contributed by atoms with E-state index in [0.717, 1.165) is 24.7 Å². The predicted octanol–water partition coefficient (Wildman–Crippen LogP) is -0.0524. The highest BCUT2D eigenvalue weighted by atomic mass is 32.2. The summed E-state index contributed by atoms with van der Waals surface area (Å²) >= 11 is 0. The Kier molecular flexibility index (Phi) is 5.29. The number of sulfonamides is 1. The molecule has 11 heteroatoms. The van der Waals surface area contributed by atoms with E-state index in [1.54, 1.807) is 17.0 Å². The van der Waals surface area contributed by atoms with E-state index < -0.39 is 10.0 Å². The molecule has 0 unspecified atom stereocenters. The number of aryl methyl sites for hydroxylation is 1. The van der Waals surface area contributed by atoms with Gasteiger partial charge in [-0.25, -0.2) is 8.42 Å². The number of benzene rings is 1. The van der Waals surface area contributed by atoms with Crippen molar-refractivity contribution in [2.75, 3.05) is 45.9 Å². The molecule has 0 saturated carbocycles. The van der Waals surface area contributed by atoms with Crippen molar-refractivity contribution in [3.8, 4) is 0 Å². The summed E-state index contributed by atoms with van der Waals surface area (Å²) in [5.41, 5.74) is 0.495. The van der Waals surface area contributed by atoms with Crippen LogP contribution < -0.4 is 0 Å². The van der Waals surface area contributed by atoms with Gasteiger partial charge in [0.05, 0.1) is 24.7 Å². The maximum atomic E-state index is 13.0. The second-order valence-electron chi connectivity index (χ2n) is 8.19. The van der Waals surface area contributed by atoms with Crippen molar-refractivity contribution in [2.24, 2.45) is 0 Å². The molecule has 3 aliphatic heterocycles. The molecule has 10 nitrogen and oxygen atoms in total. The Bertz CT molecular complexity index is 1070. The van der Waals surface area contributed by atoms with Crippen molar-refractivity contribution < 1.29 is 17.9 Å². The summed E-state index contributed by atoms with van der Waals surface area (Å²) in [5.74, 6) is 1.76. The van der Waals surface area contributed by atoms with E-state index in [-0.39, 0.29) is 16.8 Å². The molecule has 0 bridgehead atoms. The summed E-state index contributed by atoms with van der Waals surface area (Å²) in [6, 6.07) is 6.44. The number of fused-ring (bicyclic) bond motifs is 1. The number of aromatic nitrogens is 3. The van der Waals surface area contributed by atoms with E-state index in [0.29, 0.717) is 51.5 Å². The maximum Gasteiger partial charge on any atom is 0.254 e. The lowest BCUT2D eigenvalue weighted by molar-refractivity contribution is 0.0303. The molecule has 2 fully saturated rings. The molecule has 31 heavy (non-hydrogen) atoms. The molecule has 1 amide bonds. The van der Waals surface area contributed by atoms with Crippen LogP contribution in [0.1, 0.15) is 22.0 Å². The van der Waals surface area contributed by atoms with Gasteiger partial charge in [-0.3, -0.25) is 9.69 Å². The minimum absolute atomic E-state index is 0.0931. The fourth-order valence-electron chi connectivity index (χ4n) is 4.34. The third-order valence-corrected chi connectivity index (χ3v) is 8.20. The maximum absolute atomic E-state index is 13.0. The fraction of sp³-hybridized carbons (Fsp3) is 0.550. The third kappa shape index (κ3) is 3.75. The van der Waals surface area contributed by atoms with Crippen LogP contribution in [0.25, 0.3) is 0 Å². The van der Waals surface area contributed by atoms with E-state index in [1.807, 2.05) is 6.92 Å². The summed E-state index contributed by atoms with van der Waals surface area (Å²) in [6.07, 6.45) is 0. The number of carbonyl (C=O) groups excluding carboxylic acids is 1. The zero-order chi connectivity index (χ0) is 21.6. The molecule has 1 aromatic carbocycles. The summed E-state index contributed by atoms with van der Waals surface area (Å²) < 4.78 is 34.9. The van der Waals surface area contributed by atoms with E-state index in [9.17, 15) is 13.2 Å². The number of ether oxygens (including phenoxy) is 1. The van der Waals surface area contributed by atoms with Gasteiger partial charge in [-0.05, 0) is 31.2 Å². The highest BCUT2D eigenvalue weighted by Gasteiger charge is 2.40. The van der Waals surface area contributed by atoms with Crippen LogP contribution in [-0.4, -0.2) is 95.2 Å². The van der Waals surface area contributed by atoms with E-state index in [4.69, 9.17) is 4.74 Å². The first kappa shape index (κ1) is 20.6. The Hall–Kier alpha value is -2.34. The van der Waals surface area contributed by atoms with Crippen LogP contribution in [0, 0.1) is 6.92 Å². The molecule has 0 atom stereocenters. The molecular formula is C20H26N6O4S. The molecule has 2 aromatic rings. The average Bonchev–Trinajstić information content (AvgIpc) is 3.13. The molecule has 166 valence electrons. The van der Waals surface area contributed by atoms with Crippen LogP contribution in [0.2, 0.25) is 0 Å². The summed E-state index contributed by atoms with van der Waals surface area (Å²) in [6.45, 7) is 7.43. The SMILES string of the molecule is Cc1nnc2n1CCN(C1CN(S(=O)(=O)c3ccc(C(=O)N4CCOCC4)cc3)C1)C2. The Morgan fingerprint density at radius 2 is 1.74 bits per heavy atom. The van der Waals surface area contributed by atoms with Gasteiger partial charge in [-0.15, -0.1) is 10.2 Å². The quantitative estimate of drug-likeness (QED) is 0.649. The lowest BCUT2D eigenvalue weighted by Gasteiger charge is -2.45.